The molecule has 0 atom stereocenters. The van der Waals surface area contributed by atoms with Gasteiger partial charge in [-0.25, -0.2) is 10.0 Å². The second-order valence-electron chi connectivity index (χ2n) is 2.63. The van der Waals surface area contributed by atoms with Crippen molar-refractivity contribution in [3.63, 3.8) is 0 Å². The molecular weight excluding hydrogens is 144 g/mol. The molecule has 1 aliphatic rings. The van der Waals surface area contributed by atoms with Gasteiger partial charge in [0.25, 0.3) is 11.8 Å². The van der Waals surface area contributed by atoms with Gasteiger partial charge in [-0.3, -0.25) is 9.59 Å². The molecule has 1 heterocycles. The van der Waals surface area contributed by atoms with Gasteiger partial charge < -0.3 is 0 Å². The average Bonchev–Trinajstić information content (AvgIpc) is 2.07. The Bertz CT molecular complexity index is 243. The highest BCUT2D eigenvalue weighted by atomic mass is 16.2. The van der Waals surface area contributed by atoms with Crippen molar-refractivity contribution < 1.29 is 9.59 Å². The van der Waals surface area contributed by atoms with Crippen LogP contribution in [0.3, 0.4) is 0 Å². The van der Waals surface area contributed by atoms with E-state index in [0.717, 1.165) is 5.01 Å². The van der Waals surface area contributed by atoms with Crippen molar-refractivity contribution in [2.75, 3.05) is 14.1 Å². The van der Waals surface area contributed by atoms with E-state index in [4.69, 9.17) is 0 Å². The predicted octanol–water partition coefficient (Wildman–Crippen LogP) is -0.222. The van der Waals surface area contributed by atoms with Crippen LogP contribution in [-0.4, -0.2) is 35.9 Å². The summed E-state index contributed by atoms with van der Waals surface area (Å²) in [6, 6.07) is 0. The van der Waals surface area contributed by atoms with Crippen LogP contribution in [-0.2, 0) is 9.59 Å². The largest absolute Gasteiger partial charge is 0.271 e. The fraction of sp³-hybridized carbons (Fsp3) is 0.429. The van der Waals surface area contributed by atoms with Crippen LogP contribution >= 0.6 is 0 Å². The third kappa shape index (κ3) is 1.17. The molecule has 11 heavy (non-hydrogen) atoms. The lowest BCUT2D eigenvalue weighted by molar-refractivity contribution is -0.151. The van der Waals surface area contributed by atoms with Gasteiger partial charge in [0.1, 0.15) is 0 Å². The van der Waals surface area contributed by atoms with Crippen molar-refractivity contribution >= 4 is 11.8 Å². The maximum atomic E-state index is 11.2. The molecule has 4 nitrogen and oxygen atoms in total. The molecule has 2 amide bonds. The summed E-state index contributed by atoms with van der Waals surface area (Å²) >= 11 is 0. The number of rotatable bonds is 1. The summed E-state index contributed by atoms with van der Waals surface area (Å²) in [7, 11) is 3.31. The number of amides is 2. The van der Waals surface area contributed by atoms with Crippen molar-refractivity contribution in [3.05, 3.63) is 11.6 Å². The first-order chi connectivity index (χ1) is 5.04. The number of nitrogens with zero attached hydrogens (tertiary/aromatic N) is 2. The zero-order valence-corrected chi connectivity index (χ0v) is 6.79. The van der Waals surface area contributed by atoms with Crippen LogP contribution in [0, 0.1) is 0 Å². The Labute approximate surface area is 65.0 Å². The smallest absolute Gasteiger partial charge is 0.268 e. The van der Waals surface area contributed by atoms with Gasteiger partial charge in [-0.05, 0) is 6.92 Å². The van der Waals surface area contributed by atoms with E-state index in [-0.39, 0.29) is 11.8 Å². The van der Waals surface area contributed by atoms with E-state index < -0.39 is 0 Å². The second kappa shape index (κ2) is 2.47. The Hall–Kier alpha value is -1.16. The lowest BCUT2D eigenvalue weighted by atomic mass is 10.3. The molecule has 0 unspecified atom stereocenters. The number of hydrogen-bond acceptors (Lipinski definition) is 3. The lowest BCUT2D eigenvalue weighted by Crippen LogP contribution is -2.41. The van der Waals surface area contributed by atoms with Crippen LogP contribution in [0.25, 0.3) is 0 Å². The molecule has 60 valence electrons. The third-order valence-electron chi connectivity index (χ3n) is 1.48. The topological polar surface area (TPSA) is 40.6 Å². The lowest BCUT2D eigenvalue weighted by Gasteiger charge is -2.21. The average molecular weight is 154 g/mol. The van der Waals surface area contributed by atoms with Gasteiger partial charge in [0.05, 0.1) is 0 Å². The first-order valence-corrected chi connectivity index (χ1v) is 3.28. The standard InChI is InChI=1S/C7H10N2O2/c1-5-4-6(10)9(7(5)11)8(2)3/h4H,1-3H3. The van der Waals surface area contributed by atoms with Gasteiger partial charge in [0.15, 0.2) is 0 Å². The summed E-state index contributed by atoms with van der Waals surface area (Å²) in [5.41, 5.74) is 0.490. The normalized spacial score (nSPS) is 18.2. The maximum Gasteiger partial charge on any atom is 0.271 e. The molecule has 0 saturated heterocycles. The Morgan fingerprint density at radius 2 is 1.91 bits per heavy atom. The highest BCUT2D eigenvalue weighted by Crippen LogP contribution is 2.11. The number of carbonyl (C=O) groups excluding carboxylic acids is 2. The Morgan fingerprint density at radius 3 is 2.09 bits per heavy atom. The van der Waals surface area contributed by atoms with E-state index in [2.05, 4.69) is 0 Å². The first kappa shape index (κ1) is 7.94. The minimum absolute atomic E-state index is 0.236. The van der Waals surface area contributed by atoms with Gasteiger partial charge >= 0.3 is 0 Å². The predicted molar refractivity (Wildman–Crippen MR) is 39.3 cm³/mol. The zero-order valence-electron chi connectivity index (χ0n) is 6.79. The molecule has 1 aliphatic heterocycles. The quantitative estimate of drug-likeness (QED) is 0.490. The molecule has 0 aromatic heterocycles. The number of carbonyl (C=O) groups is 2. The third-order valence-corrected chi connectivity index (χ3v) is 1.48. The summed E-state index contributed by atoms with van der Waals surface area (Å²) in [5, 5.41) is 2.56. The maximum absolute atomic E-state index is 11.2. The van der Waals surface area contributed by atoms with E-state index in [1.807, 2.05) is 0 Å². The highest BCUT2D eigenvalue weighted by molar-refractivity contribution is 6.15. The van der Waals surface area contributed by atoms with Crippen LogP contribution in [0.15, 0.2) is 11.6 Å². The Balaban J connectivity index is 2.90. The molecule has 1 rings (SSSR count). The van der Waals surface area contributed by atoms with E-state index in [9.17, 15) is 9.59 Å². The minimum Gasteiger partial charge on any atom is -0.268 e. The van der Waals surface area contributed by atoms with Gasteiger partial charge in [-0.2, -0.15) is 0 Å². The molecule has 0 aromatic rings. The number of hydrazine groups is 1. The van der Waals surface area contributed by atoms with Gasteiger partial charge in [-0.15, -0.1) is 0 Å². The first-order valence-electron chi connectivity index (χ1n) is 3.28. The van der Waals surface area contributed by atoms with Crippen molar-refractivity contribution in [2.45, 2.75) is 6.92 Å². The molecule has 0 fully saturated rings. The summed E-state index contributed by atoms with van der Waals surface area (Å²) < 4.78 is 0. The summed E-state index contributed by atoms with van der Waals surface area (Å²) in [5.74, 6) is -0.502. The summed E-state index contributed by atoms with van der Waals surface area (Å²) in [4.78, 5) is 22.2. The van der Waals surface area contributed by atoms with Crippen molar-refractivity contribution in [1.29, 1.82) is 0 Å². The van der Waals surface area contributed by atoms with E-state index in [0.29, 0.717) is 5.57 Å². The zero-order chi connectivity index (χ0) is 8.59. The van der Waals surface area contributed by atoms with Gasteiger partial charge in [0, 0.05) is 25.7 Å². The molecule has 0 radical (unpaired) electrons. The summed E-state index contributed by atoms with van der Waals surface area (Å²) in [6.45, 7) is 1.63. The van der Waals surface area contributed by atoms with Crippen LogP contribution in [0.2, 0.25) is 0 Å². The van der Waals surface area contributed by atoms with Crippen molar-refractivity contribution in [2.24, 2.45) is 0 Å². The molecule has 0 saturated carbocycles. The second-order valence-corrected chi connectivity index (χ2v) is 2.63. The van der Waals surface area contributed by atoms with E-state index in [1.54, 1.807) is 21.0 Å². The van der Waals surface area contributed by atoms with Crippen LogP contribution in [0.5, 0.6) is 0 Å². The van der Waals surface area contributed by atoms with E-state index >= 15 is 0 Å². The van der Waals surface area contributed by atoms with Crippen LogP contribution in [0.1, 0.15) is 6.92 Å². The monoisotopic (exact) mass is 154 g/mol. The molecule has 0 bridgehead atoms. The van der Waals surface area contributed by atoms with Gasteiger partial charge in [0.2, 0.25) is 0 Å². The molecule has 0 aliphatic carbocycles. The summed E-state index contributed by atoms with van der Waals surface area (Å²) in [6.07, 6.45) is 1.34. The fourth-order valence-electron chi connectivity index (χ4n) is 0.954. The molecular formula is C7H10N2O2. The van der Waals surface area contributed by atoms with Crippen LogP contribution < -0.4 is 0 Å². The molecule has 0 aromatic carbocycles. The molecule has 4 heteroatoms. The Morgan fingerprint density at radius 1 is 1.36 bits per heavy atom. The van der Waals surface area contributed by atoms with E-state index in [1.165, 1.54) is 11.1 Å². The Kier molecular flexibility index (Phi) is 1.78. The molecule has 0 N–H and O–H groups in total. The fourth-order valence-corrected chi connectivity index (χ4v) is 0.954. The SMILES string of the molecule is CC1=CC(=O)N(N(C)C)C1=O. The van der Waals surface area contributed by atoms with Crippen molar-refractivity contribution in [3.8, 4) is 0 Å². The van der Waals surface area contributed by atoms with Gasteiger partial charge in [-0.1, -0.05) is 0 Å². The van der Waals surface area contributed by atoms with Crippen LogP contribution in [0.4, 0.5) is 0 Å². The molecule has 0 spiro atoms. The number of hydrogen-bond donors (Lipinski definition) is 0. The minimum atomic E-state index is -0.266. The number of imide groups is 1. The highest BCUT2D eigenvalue weighted by Gasteiger charge is 2.29. The van der Waals surface area contributed by atoms with Crippen molar-refractivity contribution in [1.82, 2.24) is 10.0 Å².